The van der Waals surface area contributed by atoms with Crippen LogP contribution in [0.2, 0.25) is 0 Å². The molecular formula is H4O12S4W-4. The Morgan fingerprint density at radius 2 is 0.529 bits per heavy atom. The first-order valence-electron chi connectivity index (χ1n) is 2.06. The van der Waals surface area contributed by atoms with Crippen molar-refractivity contribution in [2.24, 2.45) is 0 Å². The van der Waals surface area contributed by atoms with Gasteiger partial charge in [-0.3, -0.25) is 0 Å². The van der Waals surface area contributed by atoms with Gasteiger partial charge >= 0.3 is 0 Å². The number of hydrogen-bond acceptors (Lipinski definition) is 8. The maximum Gasteiger partial charge on any atom is 0.0814 e. The molecule has 4 N–H and O–H groups in total. The van der Waals surface area contributed by atoms with Gasteiger partial charge in [0, 0.05) is 21.1 Å². The summed E-state index contributed by atoms with van der Waals surface area (Å²) in [6.45, 7) is 0. The molecule has 0 bridgehead atoms. The number of hydrogen-bond donors (Lipinski definition) is 4. The van der Waals surface area contributed by atoms with Gasteiger partial charge in [-0.05, 0) is 0 Å². The zero-order chi connectivity index (χ0) is 14.3. The average Bonchev–Trinajstić information content (AvgIpc) is 1.76. The van der Waals surface area contributed by atoms with Crippen LogP contribution in [0.5, 0.6) is 0 Å². The molecule has 0 aliphatic heterocycles. The van der Waals surface area contributed by atoms with Gasteiger partial charge in [0.05, 0.1) is 45.4 Å². The van der Waals surface area contributed by atoms with Crippen molar-refractivity contribution < 1.29 is 74.3 Å². The van der Waals surface area contributed by atoms with E-state index < -0.39 is 45.4 Å². The molecule has 0 aliphatic carbocycles. The molecule has 4 unspecified atom stereocenters. The molecule has 0 amide bonds. The third-order valence-corrected chi connectivity index (χ3v) is 0. The summed E-state index contributed by atoms with van der Waals surface area (Å²) in [6.07, 6.45) is 0. The monoisotopic (exact) mass is 508 g/mol. The first-order chi connectivity index (χ1) is 6.93. The van der Waals surface area contributed by atoms with E-state index in [0.717, 1.165) is 0 Å². The molecule has 0 aromatic heterocycles. The third-order valence-electron chi connectivity index (χ3n) is 0. The summed E-state index contributed by atoms with van der Waals surface area (Å²) in [4.78, 5) is 0. The van der Waals surface area contributed by atoms with Gasteiger partial charge in [-0.15, -0.1) is 0 Å². The average molecular weight is 508 g/mol. The zero-order valence-electron chi connectivity index (χ0n) is 7.10. The van der Waals surface area contributed by atoms with Crippen molar-refractivity contribution in [1.29, 1.82) is 0 Å². The predicted molar refractivity (Wildman–Crippen MR) is 46.2 cm³/mol. The Morgan fingerprint density at radius 1 is 0.529 bits per heavy atom. The topological polar surface area (TPSA) is 241 Å². The summed E-state index contributed by atoms with van der Waals surface area (Å²) >= 11 is -11.4. The fourth-order valence-electron chi connectivity index (χ4n) is 0. The molecule has 0 spiro atoms. The van der Waals surface area contributed by atoms with Gasteiger partial charge in [0.25, 0.3) is 0 Å². The van der Waals surface area contributed by atoms with Crippen LogP contribution in [-0.4, -0.2) is 53.3 Å². The van der Waals surface area contributed by atoms with Gasteiger partial charge in [-0.1, -0.05) is 0 Å². The Labute approximate surface area is 119 Å². The molecule has 0 heterocycles. The van der Waals surface area contributed by atoms with Crippen LogP contribution in [-0.2, 0) is 66.5 Å². The van der Waals surface area contributed by atoms with E-state index in [1.54, 1.807) is 0 Å². The second kappa shape index (κ2) is 25.7. The van der Waals surface area contributed by atoms with Crippen molar-refractivity contribution in [1.82, 2.24) is 0 Å². The molecule has 0 aliphatic rings. The minimum Gasteiger partial charge on any atom is -0.750 e. The van der Waals surface area contributed by atoms with E-state index >= 15 is 0 Å². The largest absolute Gasteiger partial charge is 0.750 e. The van der Waals surface area contributed by atoms with Crippen LogP contribution in [0.25, 0.3) is 0 Å². The summed E-state index contributed by atoms with van der Waals surface area (Å²) in [5.74, 6) is 0. The Bertz CT molecular complexity index is 159. The van der Waals surface area contributed by atoms with E-state index in [9.17, 15) is 0 Å². The fourth-order valence-corrected chi connectivity index (χ4v) is 0. The van der Waals surface area contributed by atoms with Crippen LogP contribution < -0.4 is 0 Å². The van der Waals surface area contributed by atoms with Crippen LogP contribution in [0.3, 0.4) is 0 Å². The Hall–Kier alpha value is 0.968. The number of rotatable bonds is 0. The van der Waals surface area contributed by atoms with E-state index in [-0.39, 0.29) is 21.1 Å². The first kappa shape index (κ1) is 30.8. The molecule has 4 atom stereocenters. The van der Waals surface area contributed by atoms with E-state index in [2.05, 4.69) is 0 Å². The molecule has 0 aromatic rings. The van der Waals surface area contributed by atoms with Crippen LogP contribution >= 0.6 is 0 Å². The van der Waals surface area contributed by atoms with Gasteiger partial charge in [0.1, 0.15) is 0 Å². The Kier molecular flexibility index (Phi) is 46.6. The summed E-state index contributed by atoms with van der Waals surface area (Å²) in [5, 5.41) is 0. The van der Waals surface area contributed by atoms with Crippen molar-refractivity contribution in [3.8, 4) is 0 Å². The minimum atomic E-state index is -2.86. The molecular weight excluding hydrogens is 504 g/mol. The van der Waals surface area contributed by atoms with Gasteiger partial charge in [0.15, 0.2) is 0 Å². The summed E-state index contributed by atoms with van der Waals surface area (Å²) < 4.78 is 96.3. The smallest absolute Gasteiger partial charge is 0.0814 e. The van der Waals surface area contributed by atoms with Crippen LogP contribution in [0.4, 0.5) is 0 Å². The fraction of sp³-hybridized carbons (Fsp3) is 0. The molecule has 0 fully saturated rings. The third kappa shape index (κ3) is 4050. The van der Waals surface area contributed by atoms with Crippen molar-refractivity contribution in [3.05, 3.63) is 0 Å². The van der Waals surface area contributed by atoms with Gasteiger partial charge in [-0.2, -0.15) is 0 Å². The zero-order valence-corrected chi connectivity index (χ0v) is 13.3. The van der Waals surface area contributed by atoms with E-state index in [1.165, 1.54) is 0 Å². The van der Waals surface area contributed by atoms with E-state index in [1.807, 2.05) is 0 Å². The van der Waals surface area contributed by atoms with Crippen molar-refractivity contribution in [2.75, 3.05) is 0 Å². The standard InChI is InChI=1S/4H2O3S.W/c4*1-4(2)3;/h4*(H2,1,2,3);/p-4. The molecule has 0 rings (SSSR count). The van der Waals surface area contributed by atoms with E-state index in [4.69, 9.17) is 53.3 Å². The predicted octanol–water partition coefficient (Wildman–Crippen LogP) is -2.65. The van der Waals surface area contributed by atoms with Crippen LogP contribution in [0, 0.1) is 0 Å². The Morgan fingerprint density at radius 3 is 0.529 bits per heavy atom. The van der Waals surface area contributed by atoms with E-state index in [0.29, 0.717) is 0 Å². The molecule has 0 saturated carbocycles. The molecule has 0 saturated heterocycles. The van der Waals surface area contributed by atoms with Gasteiger partial charge in [0.2, 0.25) is 0 Å². The van der Waals surface area contributed by atoms with Gasteiger partial charge < -0.3 is 36.4 Å². The van der Waals surface area contributed by atoms with Crippen molar-refractivity contribution >= 4 is 45.4 Å². The molecule has 12 nitrogen and oxygen atoms in total. The SMILES string of the molecule is O=S([O-])O.O=S([O-])O.O=S([O-])O.O=S([O-])O.[W]. The summed E-state index contributed by atoms with van der Waals surface area (Å²) in [5.41, 5.74) is 0. The maximum atomic E-state index is 8.56. The normalized spacial score (nSPS) is 14.6. The van der Waals surface area contributed by atoms with Crippen molar-refractivity contribution in [3.63, 3.8) is 0 Å². The molecule has 110 valence electrons. The first-order valence-corrected chi connectivity index (χ1v) is 6.19. The van der Waals surface area contributed by atoms with Gasteiger partial charge in [-0.25, -0.2) is 16.8 Å². The molecule has 0 radical (unpaired) electrons. The van der Waals surface area contributed by atoms with Crippen molar-refractivity contribution in [2.45, 2.75) is 0 Å². The second-order valence-corrected chi connectivity index (χ2v) is 2.61. The Balaban J connectivity index is -0.0000000369. The molecule has 17 heteroatoms. The molecule has 17 heavy (non-hydrogen) atoms. The summed E-state index contributed by atoms with van der Waals surface area (Å²) in [7, 11) is 0. The minimum absolute atomic E-state index is 0. The quantitative estimate of drug-likeness (QED) is 0.245. The second-order valence-electron chi connectivity index (χ2n) is 0.868. The van der Waals surface area contributed by atoms with Crippen LogP contribution in [0.15, 0.2) is 0 Å². The molecule has 0 aromatic carbocycles. The summed E-state index contributed by atoms with van der Waals surface area (Å²) in [6, 6.07) is 0. The maximum absolute atomic E-state index is 8.56. The van der Waals surface area contributed by atoms with Crippen LogP contribution in [0.1, 0.15) is 0 Å².